The Kier molecular flexibility index (Phi) is 9.05. The number of rotatable bonds is 9. The van der Waals surface area contributed by atoms with Gasteiger partial charge in [-0.25, -0.2) is 4.79 Å². The third-order valence-corrected chi connectivity index (χ3v) is 7.08. The Morgan fingerprint density at radius 1 is 1.23 bits per heavy atom. The zero-order valence-corrected chi connectivity index (χ0v) is 22.1. The summed E-state index contributed by atoms with van der Waals surface area (Å²) in [4.78, 5) is 39.8. The number of carbonyl (C=O) groups excluding carboxylic acids is 3. The van der Waals surface area contributed by atoms with Crippen molar-refractivity contribution in [3.8, 4) is 5.75 Å². The SMILES string of the molecule is CCSCCOC(=O)C1=C(C)NC2=C(C(=O)[C@H](C(=O)OC)[C@@H](C)C2)[C@@H]1c1ccccc1OC(C)C. The van der Waals surface area contributed by atoms with Crippen LogP contribution in [0.1, 0.15) is 52.5 Å². The van der Waals surface area contributed by atoms with E-state index in [0.29, 0.717) is 40.3 Å². The van der Waals surface area contributed by atoms with E-state index in [4.69, 9.17) is 14.2 Å². The van der Waals surface area contributed by atoms with Crippen molar-refractivity contribution in [1.29, 1.82) is 0 Å². The smallest absolute Gasteiger partial charge is 0.336 e. The van der Waals surface area contributed by atoms with Crippen LogP contribution in [0.5, 0.6) is 5.75 Å². The molecule has 2 aliphatic rings. The Balaban J connectivity index is 2.14. The van der Waals surface area contributed by atoms with Gasteiger partial charge in [-0.3, -0.25) is 9.59 Å². The van der Waals surface area contributed by atoms with Crippen LogP contribution in [0.4, 0.5) is 0 Å². The predicted molar refractivity (Wildman–Crippen MR) is 136 cm³/mol. The summed E-state index contributed by atoms with van der Waals surface area (Å²) < 4.78 is 16.7. The number of carbonyl (C=O) groups is 3. The van der Waals surface area contributed by atoms with E-state index in [1.54, 1.807) is 11.8 Å². The van der Waals surface area contributed by atoms with Gasteiger partial charge in [0.1, 0.15) is 18.3 Å². The molecule has 7 nitrogen and oxygen atoms in total. The van der Waals surface area contributed by atoms with Crippen molar-refractivity contribution in [3.05, 3.63) is 52.4 Å². The number of hydrogen-bond donors (Lipinski definition) is 1. The van der Waals surface area contributed by atoms with Gasteiger partial charge in [0.05, 0.1) is 24.7 Å². The van der Waals surface area contributed by atoms with Crippen molar-refractivity contribution in [2.75, 3.05) is 25.2 Å². The number of esters is 2. The monoisotopic (exact) mass is 501 g/mol. The van der Waals surface area contributed by atoms with E-state index < -0.39 is 23.8 Å². The second-order valence-electron chi connectivity index (χ2n) is 9.07. The fourth-order valence-electron chi connectivity index (χ4n) is 4.76. The standard InChI is InChI=1S/C27H35NO6S/c1-7-35-13-12-33-27(31)22-17(5)28-19-14-16(4)21(26(30)32-6)25(29)24(19)23(22)18-10-8-9-11-20(18)34-15(2)3/h8-11,15-16,21,23,28H,7,12-14H2,1-6H3/t16-,21+,23+/m0/s1. The molecule has 1 aromatic carbocycles. The first-order valence-corrected chi connectivity index (χ1v) is 13.2. The molecule has 0 unspecified atom stereocenters. The Morgan fingerprint density at radius 3 is 2.60 bits per heavy atom. The van der Waals surface area contributed by atoms with Gasteiger partial charge < -0.3 is 19.5 Å². The van der Waals surface area contributed by atoms with E-state index in [0.717, 1.165) is 11.4 Å². The van der Waals surface area contributed by atoms with Crippen molar-refractivity contribution < 1.29 is 28.6 Å². The number of allylic oxidation sites excluding steroid dienone is 3. The third kappa shape index (κ3) is 5.74. The van der Waals surface area contributed by atoms with Crippen molar-refractivity contribution >= 4 is 29.5 Å². The van der Waals surface area contributed by atoms with Gasteiger partial charge in [-0.1, -0.05) is 32.0 Å². The summed E-state index contributed by atoms with van der Waals surface area (Å²) >= 11 is 1.69. The number of para-hydroxylation sites is 1. The van der Waals surface area contributed by atoms with E-state index >= 15 is 0 Å². The van der Waals surface area contributed by atoms with Gasteiger partial charge in [0.15, 0.2) is 5.78 Å². The van der Waals surface area contributed by atoms with Gasteiger partial charge in [-0.2, -0.15) is 11.8 Å². The summed E-state index contributed by atoms with van der Waals surface area (Å²) in [5.41, 5.74) is 2.81. The minimum absolute atomic E-state index is 0.109. The Morgan fingerprint density at radius 2 is 1.94 bits per heavy atom. The fourth-order valence-corrected chi connectivity index (χ4v) is 5.25. The summed E-state index contributed by atoms with van der Waals surface area (Å²) in [5, 5.41) is 3.29. The summed E-state index contributed by atoms with van der Waals surface area (Å²) in [6.07, 6.45) is 0.375. The van der Waals surface area contributed by atoms with Gasteiger partial charge in [0.25, 0.3) is 0 Å². The van der Waals surface area contributed by atoms with Crippen LogP contribution in [0.3, 0.4) is 0 Å². The highest BCUT2D eigenvalue weighted by Crippen LogP contribution is 2.47. The minimum atomic E-state index is -0.933. The van der Waals surface area contributed by atoms with E-state index in [1.807, 2.05) is 58.9 Å². The van der Waals surface area contributed by atoms with Crippen molar-refractivity contribution in [1.82, 2.24) is 5.32 Å². The number of ketones is 1. The molecule has 3 rings (SSSR count). The Hall–Kier alpha value is -2.74. The number of thioether (sulfide) groups is 1. The molecule has 1 aliphatic heterocycles. The van der Waals surface area contributed by atoms with E-state index in [2.05, 4.69) is 5.32 Å². The molecule has 8 heteroatoms. The molecular formula is C27H35NO6S. The molecule has 0 saturated heterocycles. The van der Waals surface area contributed by atoms with Crippen LogP contribution < -0.4 is 10.1 Å². The maximum absolute atomic E-state index is 13.8. The van der Waals surface area contributed by atoms with Gasteiger partial charge in [0.2, 0.25) is 0 Å². The topological polar surface area (TPSA) is 90.9 Å². The summed E-state index contributed by atoms with van der Waals surface area (Å²) in [5.74, 6) is -1.07. The second-order valence-corrected chi connectivity index (χ2v) is 10.5. The Labute approximate surface area is 211 Å². The zero-order valence-electron chi connectivity index (χ0n) is 21.3. The van der Waals surface area contributed by atoms with Crippen LogP contribution in [0.2, 0.25) is 0 Å². The molecule has 35 heavy (non-hydrogen) atoms. The van der Waals surface area contributed by atoms with Crippen LogP contribution in [0.25, 0.3) is 0 Å². The first-order chi connectivity index (χ1) is 16.7. The first kappa shape index (κ1) is 26.9. The number of hydrogen-bond acceptors (Lipinski definition) is 8. The molecule has 0 fully saturated rings. The molecule has 1 aliphatic carbocycles. The molecule has 1 N–H and O–H groups in total. The van der Waals surface area contributed by atoms with E-state index in [-0.39, 0.29) is 24.4 Å². The van der Waals surface area contributed by atoms with Crippen molar-refractivity contribution in [2.24, 2.45) is 11.8 Å². The lowest BCUT2D eigenvalue weighted by atomic mass is 9.69. The molecule has 0 aromatic heterocycles. The maximum atomic E-state index is 13.8. The molecule has 0 saturated carbocycles. The summed E-state index contributed by atoms with van der Waals surface area (Å²) in [6, 6.07) is 7.41. The van der Waals surface area contributed by atoms with Gasteiger partial charge in [-0.05, 0) is 44.9 Å². The predicted octanol–water partition coefficient (Wildman–Crippen LogP) is 4.38. The lowest BCUT2D eigenvalue weighted by Gasteiger charge is -2.38. The number of Topliss-reactive ketones (excluding diaryl/α,β-unsaturated/α-hetero) is 1. The largest absolute Gasteiger partial charge is 0.491 e. The van der Waals surface area contributed by atoms with Crippen molar-refractivity contribution in [2.45, 2.75) is 53.1 Å². The molecular weight excluding hydrogens is 466 g/mol. The fraction of sp³-hybridized carbons (Fsp3) is 0.519. The second kappa shape index (κ2) is 11.8. The van der Waals surface area contributed by atoms with Crippen LogP contribution in [-0.4, -0.2) is 49.0 Å². The minimum Gasteiger partial charge on any atom is -0.491 e. The zero-order chi connectivity index (χ0) is 25.7. The highest BCUT2D eigenvalue weighted by atomic mass is 32.2. The first-order valence-electron chi connectivity index (χ1n) is 12.0. The van der Waals surface area contributed by atoms with Crippen LogP contribution >= 0.6 is 11.8 Å². The molecule has 190 valence electrons. The van der Waals surface area contributed by atoms with E-state index in [1.165, 1.54) is 7.11 Å². The Bertz CT molecular complexity index is 1040. The molecule has 3 atom stereocenters. The highest BCUT2D eigenvalue weighted by Gasteiger charge is 2.47. The lowest BCUT2D eigenvalue weighted by molar-refractivity contribution is -0.151. The van der Waals surface area contributed by atoms with Gasteiger partial charge >= 0.3 is 11.9 Å². The normalized spacial score (nSPS) is 22.0. The number of methoxy groups -OCH3 is 1. The molecule has 1 heterocycles. The molecule has 0 radical (unpaired) electrons. The van der Waals surface area contributed by atoms with Crippen LogP contribution in [0.15, 0.2) is 46.8 Å². The average molecular weight is 502 g/mol. The lowest BCUT2D eigenvalue weighted by Crippen LogP contribution is -2.43. The summed E-state index contributed by atoms with van der Waals surface area (Å²) in [6.45, 7) is 9.85. The molecule has 0 bridgehead atoms. The average Bonchev–Trinajstić information content (AvgIpc) is 2.80. The third-order valence-electron chi connectivity index (χ3n) is 6.22. The quantitative estimate of drug-likeness (QED) is 0.303. The number of ether oxygens (including phenoxy) is 3. The van der Waals surface area contributed by atoms with Crippen LogP contribution in [0, 0.1) is 11.8 Å². The molecule has 0 spiro atoms. The highest BCUT2D eigenvalue weighted by molar-refractivity contribution is 7.99. The van der Waals surface area contributed by atoms with Gasteiger partial charge in [0, 0.05) is 28.3 Å². The summed E-state index contributed by atoms with van der Waals surface area (Å²) in [7, 11) is 1.29. The van der Waals surface area contributed by atoms with Crippen LogP contribution in [-0.2, 0) is 23.9 Å². The van der Waals surface area contributed by atoms with Gasteiger partial charge in [-0.15, -0.1) is 0 Å². The van der Waals surface area contributed by atoms with Crippen molar-refractivity contribution in [3.63, 3.8) is 0 Å². The number of nitrogens with one attached hydrogen (secondary N) is 1. The molecule has 1 aromatic rings. The number of benzene rings is 1. The van der Waals surface area contributed by atoms with E-state index in [9.17, 15) is 14.4 Å². The maximum Gasteiger partial charge on any atom is 0.336 e. The number of dihydropyridines is 1. The molecule has 0 amide bonds.